The third kappa shape index (κ3) is 2.88. The van der Waals surface area contributed by atoms with Gasteiger partial charge in [0.2, 0.25) is 0 Å². The van der Waals surface area contributed by atoms with Crippen LogP contribution in [0.1, 0.15) is 26.5 Å². The maximum absolute atomic E-state index is 5.38. The minimum Gasteiger partial charge on any atom is -0.469 e. The van der Waals surface area contributed by atoms with E-state index < -0.39 is 0 Å². The first-order valence-corrected chi connectivity index (χ1v) is 5.34. The molecular formula is C12H21NO. The number of nitrogens with one attached hydrogen (secondary N) is 1. The summed E-state index contributed by atoms with van der Waals surface area (Å²) in [6, 6.07) is 4.54. The summed E-state index contributed by atoms with van der Waals surface area (Å²) in [6.07, 6.45) is 2.77. The molecule has 2 nitrogen and oxygen atoms in total. The lowest BCUT2D eigenvalue weighted by Gasteiger charge is -2.26. The van der Waals surface area contributed by atoms with Crippen LogP contribution in [0.5, 0.6) is 0 Å². The van der Waals surface area contributed by atoms with Gasteiger partial charge >= 0.3 is 0 Å². The largest absolute Gasteiger partial charge is 0.469 e. The molecule has 0 saturated heterocycles. The molecule has 0 aliphatic carbocycles. The van der Waals surface area contributed by atoms with E-state index in [-0.39, 0.29) is 0 Å². The van der Waals surface area contributed by atoms with Crippen LogP contribution in [-0.4, -0.2) is 13.1 Å². The van der Waals surface area contributed by atoms with Crippen LogP contribution in [0.15, 0.2) is 22.8 Å². The van der Waals surface area contributed by atoms with Crippen molar-refractivity contribution in [3.63, 3.8) is 0 Å². The van der Waals surface area contributed by atoms with Crippen molar-refractivity contribution in [1.82, 2.24) is 5.32 Å². The summed E-state index contributed by atoms with van der Waals surface area (Å²) in [6.45, 7) is 6.76. The van der Waals surface area contributed by atoms with Gasteiger partial charge in [0.05, 0.1) is 6.26 Å². The second kappa shape index (κ2) is 5.20. The molecule has 0 aromatic carbocycles. The van der Waals surface area contributed by atoms with E-state index in [4.69, 9.17) is 4.42 Å². The van der Waals surface area contributed by atoms with Crippen LogP contribution in [0.2, 0.25) is 0 Å². The first-order valence-electron chi connectivity index (χ1n) is 5.34. The van der Waals surface area contributed by atoms with Gasteiger partial charge in [-0.15, -0.1) is 0 Å². The summed E-state index contributed by atoms with van der Waals surface area (Å²) in [4.78, 5) is 0. The van der Waals surface area contributed by atoms with Gasteiger partial charge in [0.25, 0.3) is 0 Å². The van der Waals surface area contributed by atoms with Crippen LogP contribution in [-0.2, 0) is 6.42 Å². The molecule has 0 saturated carbocycles. The van der Waals surface area contributed by atoms with E-state index in [1.54, 1.807) is 6.26 Å². The second-order valence-electron chi connectivity index (χ2n) is 4.27. The van der Waals surface area contributed by atoms with E-state index in [9.17, 15) is 0 Å². The van der Waals surface area contributed by atoms with Crippen molar-refractivity contribution in [2.75, 3.05) is 7.05 Å². The molecule has 0 aliphatic rings. The Morgan fingerprint density at radius 1 is 1.36 bits per heavy atom. The molecule has 0 radical (unpaired) electrons. The van der Waals surface area contributed by atoms with Crippen LogP contribution >= 0.6 is 0 Å². The molecule has 2 heteroatoms. The van der Waals surface area contributed by atoms with Gasteiger partial charge in [-0.05, 0) is 37.9 Å². The Balaban J connectivity index is 2.60. The van der Waals surface area contributed by atoms with Gasteiger partial charge in [-0.3, -0.25) is 0 Å². The molecular weight excluding hydrogens is 174 g/mol. The molecule has 2 unspecified atom stereocenters. The normalized spacial score (nSPS) is 15.8. The molecule has 1 heterocycles. The lowest BCUT2D eigenvalue weighted by molar-refractivity contribution is 0.283. The monoisotopic (exact) mass is 195 g/mol. The van der Waals surface area contributed by atoms with Crippen LogP contribution < -0.4 is 5.32 Å². The fourth-order valence-electron chi connectivity index (χ4n) is 1.86. The van der Waals surface area contributed by atoms with Gasteiger partial charge in [-0.2, -0.15) is 0 Å². The molecule has 80 valence electrons. The number of rotatable bonds is 5. The van der Waals surface area contributed by atoms with Gasteiger partial charge in [-0.1, -0.05) is 13.8 Å². The molecule has 0 spiro atoms. The molecule has 2 atom stereocenters. The third-order valence-electron chi connectivity index (χ3n) is 2.97. The molecule has 0 bridgehead atoms. The van der Waals surface area contributed by atoms with Crippen LogP contribution in [0.3, 0.4) is 0 Å². The van der Waals surface area contributed by atoms with Crippen molar-refractivity contribution in [2.24, 2.45) is 11.8 Å². The number of hydrogen-bond acceptors (Lipinski definition) is 2. The Kier molecular flexibility index (Phi) is 4.21. The molecule has 14 heavy (non-hydrogen) atoms. The summed E-state index contributed by atoms with van der Waals surface area (Å²) in [5, 5.41) is 3.32. The maximum atomic E-state index is 5.38. The number of furan rings is 1. The minimum absolute atomic E-state index is 0.528. The fraction of sp³-hybridized carbons (Fsp3) is 0.667. The predicted molar refractivity (Wildman–Crippen MR) is 59.3 cm³/mol. The average Bonchev–Trinajstić information content (AvgIpc) is 2.65. The standard InChI is InChI=1S/C12H21NO/c1-9(2)12(10(3)13-4)8-11-6-5-7-14-11/h5-7,9-10,12-13H,8H2,1-4H3. The Morgan fingerprint density at radius 2 is 2.07 bits per heavy atom. The van der Waals surface area contributed by atoms with E-state index in [0.717, 1.165) is 12.2 Å². The fourth-order valence-corrected chi connectivity index (χ4v) is 1.86. The molecule has 0 aliphatic heterocycles. The molecule has 0 fully saturated rings. The van der Waals surface area contributed by atoms with Gasteiger partial charge in [0.1, 0.15) is 5.76 Å². The van der Waals surface area contributed by atoms with Gasteiger partial charge in [0, 0.05) is 12.5 Å². The summed E-state index contributed by atoms with van der Waals surface area (Å²) < 4.78 is 5.38. The summed E-state index contributed by atoms with van der Waals surface area (Å²) in [5.74, 6) is 2.39. The van der Waals surface area contributed by atoms with Gasteiger partial charge < -0.3 is 9.73 Å². The van der Waals surface area contributed by atoms with E-state index >= 15 is 0 Å². The first-order chi connectivity index (χ1) is 6.65. The zero-order valence-electron chi connectivity index (χ0n) is 9.58. The van der Waals surface area contributed by atoms with Crippen LogP contribution in [0.4, 0.5) is 0 Å². The Bertz CT molecular complexity index is 241. The quantitative estimate of drug-likeness (QED) is 0.781. The summed E-state index contributed by atoms with van der Waals surface area (Å²) in [7, 11) is 2.02. The molecule has 0 amide bonds. The van der Waals surface area contributed by atoms with Crippen molar-refractivity contribution in [3.05, 3.63) is 24.2 Å². The highest BCUT2D eigenvalue weighted by molar-refractivity contribution is 5.00. The van der Waals surface area contributed by atoms with E-state index in [2.05, 4.69) is 32.2 Å². The van der Waals surface area contributed by atoms with Crippen molar-refractivity contribution < 1.29 is 4.42 Å². The van der Waals surface area contributed by atoms with Crippen molar-refractivity contribution in [3.8, 4) is 0 Å². The second-order valence-corrected chi connectivity index (χ2v) is 4.27. The summed E-state index contributed by atoms with van der Waals surface area (Å²) >= 11 is 0. The Morgan fingerprint density at radius 3 is 2.50 bits per heavy atom. The highest BCUT2D eigenvalue weighted by Crippen LogP contribution is 2.20. The van der Waals surface area contributed by atoms with E-state index in [1.807, 2.05) is 13.1 Å². The highest BCUT2D eigenvalue weighted by atomic mass is 16.3. The van der Waals surface area contributed by atoms with E-state index in [0.29, 0.717) is 17.9 Å². The van der Waals surface area contributed by atoms with Crippen LogP contribution in [0, 0.1) is 11.8 Å². The zero-order valence-corrected chi connectivity index (χ0v) is 9.58. The van der Waals surface area contributed by atoms with Crippen LogP contribution in [0.25, 0.3) is 0 Å². The van der Waals surface area contributed by atoms with Gasteiger partial charge in [-0.25, -0.2) is 0 Å². The molecule has 1 rings (SSSR count). The Hall–Kier alpha value is -0.760. The van der Waals surface area contributed by atoms with E-state index in [1.165, 1.54) is 0 Å². The zero-order chi connectivity index (χ0) is 10.6. The smallest absolute Gasteiger partial charge is 0.104 e. The van der Waals surface area contributed by atoms with Crippen molar-refractivity contribution in [1.29, 1.82) is 0 Å². The first kappa shape index (κ1) is 11.3. The third-order valence-corrected chi connectivity index (χ3v) is 2.97. The maximum Gasteiger partial charge on any atom is 0.104 e. The predicted octanol–water partition coefficient (Wildman–Crippen LogP) is 2.70. The van der Waals surface area contributed by atoms with Gasteiger partial charge in [0.15, 0.2) is 0 Å². The highest BCUT2D eigenvalue weighted by Gasteiger charge is 2.20. The SMILES string of the molecule is CNC(C)C(Cc1ccco1)C(C)C. The van der Waals surface area contributed by atoms with Crippen molar-refractivity contribution in [2.45, 2.75) is 33.2 Å². The lowest BCUT2D eigenvalue weighted by Crippen LogP contribution is -2.34. The topological polar surface area (TPSA) is 25.2 Å². The molecule has 1 aromatic rings. The Labute approximate surface area is 86.7 Å². The molecule has 1 aromatic heterocycles. The summed E-state index contributed by atoms with van der Waals surface area (Å²) in [5.41, 5.74) is 0. The minimum atomic E-state index is 0.528. The number of hydrogen-bond donors (Lipinski definition) is 1. The average molecular weight is 195 g/mol. The lowest BCUT2D eigenvalue weighted by atomic mass is 9.86. The molecule has 1 N–H and O–H groups in total. The van der Waals surface area contributed by atoms with Crippen molar-refractivity contribution >= 4 is 0 Å².